The van der Waals surface area contributed by atoms with E-state index in [1.807, 2.05) is 6.92 Å². The van der Waals surface area contributed by atoms with Crippen LogP contribution in [0.3, 0.4) is 0 Å². The first-order valence-corrected chi connectivity index (χ1v) is 6.05. The Labute approximate surface area is 101 Å². The smallest absolute Gasteiger partial charge is 0.0705 e. The van der Waals surface area contributed by atoms with Gasteiger partial charge in [0.1, 0.15) is 0 Å². The summed E-state index contributed by atoms with van der Waals surface area (Å²) in [5.74, 6) is 0. The highest BCUT2D eigenvalue weighted by atomic mass is 15.2. The second-order valence-electron chi connectivity index (χ2n) is 4.93. The minimum atomic E-state index is 0.375. The van der Waals surface area contributed by atoms with Crippen LogP contribution in [0.25, 0.3) is 10.9 Å². The summed E-state index contributed by atoms with van der Waals surface area (Å²) in [6, 6.07) is 11.1. The van der Waals surface area contributed by atoms with Crippen LogP contribution < -0.4 is 5.73 Å². The minimum absolute atomic E-state index is 0.375. The van der Waals surface area contributed by atoms with Crippen molar-refractivity contribution in [3.8, 4) is 0 Å². The topological polar surface area (TPSA) is 42.1 Å². The molecule has 2 N–H and O–H groups in total. The zero-order chi connectivity index (χ0) is 11.8. The van der Waals surface area contributed by atoms with Gasteiger partial charge in [-0.1, -0.05) is 12.1 Å². The molecule has 1 fully saturated rings. The lowest BCUT2D eigenvalue weighted by molar-refractivity contribution is 0.142. The molecular formula is C14H17N3. The summed E-state index contributed by atoms with van der Waals surface area (Å²) in [5, 5.41) is 1.22. The van der Waals surface area contributed by atoms with E-state index in [0.29, 0.717) is 6.04 Å². The first-order chi connectivity index (χ1) is 8.20. The van der Waals surface area contributed by atoms with Crippen molar-refractivity contribution < 1.29 is 0 Å². The van der Waals surface area contributed by atoms with Crippen molar-refractivity contribution in [3.63, 3.8) is 0 Å². The molecule has 0 amide bonds. The molecule has 1 aromatic heterocycles. The van der Waals surface area contributed by atoms with Crippen LogP contribution >= 0.6 is 0 Å². The maximum absolute atomic E-state index is 5.78. The SMILES string of the molecule is Cc1ccc2cc(CN3CC(N)C3)ccc2n1. The summed E-state index contributed by atoms with van der Waals surface area (Å²) >= 11 is 0. The number of aromatic nitrogens is 1. The monoisotopic (exact) mass is 227 g/mol. The van der Waals surface area contributed by atoms with Gasteiger partial charge in [0, 0.05) is 36.8 Å². The summed E-state index contributed by atoms with van der Waals surface area (Å²) in [7, 11) is 0. The predicted molar refractivity (Wildman–Crippen MR) is 69.7 cm³/mol. The van der Waals surface area contributed by atoms with Gasteiger partial charge in [0.05, 0.1) is 5.52 Å². The highest BCUT2D eigenvalue weighted by Gasteiger charge is 2.22. The van der Waals surface area contributed by atoms with E-state index in [4.69, 9.17) is 5.73 Å². The molecule has 3 nitrogen and oxygen atoms in total. The van der Waals surface area contributed by atoms with Crippen LogP contribution in [0.2, 0.25) is 0 Å². The maximum atomic E-state index is 5.78. The van der Waals surface area contributed by atoms with E-state index in [1.165, 1.54) is 10.9 Å². The van der Waals surface area contributed by atoms with Crippen LogP contribution in [0.1, 0.15) is 11.3 Å². The molecule has 1 aliphatic heterocycles. The van der Waals surface area contributed by atoms with E-state index in [9.17, 15) is 0 Å². The molecule has 2 heterocycles. The number of rotatable bonds is 2. The second kappa shape index (κ2) is 4.09. The standard InChI is InChI=1S/C14H17N3/c1-10-2-4-12-6-11(3-5-14(12)16-10)7-17-8-13(15)9-17/h2-6,13H,7-9,15H2,1H3. The first kappa shape index (κ1) is 10.7. The number of hydrogen-bond donors (Lipinski definition) is 1. The van der Waals surface area contributed by atoms with Gasteiger partial charge >= 0.3 is 0 Å². The number of nitrogens with zero attached hydrogens (tertiary/aromatic N) is 2. The quantitative estimate of drug-likeness (QED) is 0.849. The fourth-order valence-electron chi connectivity index (χ4n) is 2.37. The molecule has 1 saturated heterocycles. The Hall–Kier alpha value is -1.45. The summed E-state index contributed by atoms with van der Waals surface area (Å²) in [5.41, 5.74) is 9.27. The van der Waals surface area contributed by atoms with Crippen LogP contribution in [-0.2, 0) is 6.54 Å². The Balaban J connectivity index is 1.84. The van der Waals surface area contributed by atoms with Crippen LogP contribution in [0.5, 0.6) is 0 Å². The molecule has 0 unspecified atom stereocenters. The summed E-state index contributed by atoms with van der Waals surface area (Å²) < 4.78 is 0. The van der Waals surface area contributed by atoms with Gasteiger partial charge in [-0.2, -0.15) is 0 Å². The van der Waals surface area contributed by atoms with Crippen LogP contribution in [-0.4, -0.2) is 29.0 Å². The van der Waals surface area contributed by atoms with Gasteiger partial charge in [0.25, 0.3) is 0 Å². The van der Waals surface area contributed by atoms with E-state index < -0.39 is 0 Å². The van der Waals surface area contributed by atoms with E-state index in [2.05, 4.69) is 40.2 Å². The highest BCUT2D eigenvalue weighted by molar-refractivity contribution is 5.79. The van der Waals surface area contributed by atoms with E-state index >= 15 is 0 Å². The van der Waals surface area contributed by atoms with Gasteiger partial charge in [-0.05, 0) is 30.7 Å². The normalized spacial score (nSPS) is 17.3. The van der Waals surface area contributed by atoms with Crippen LogP contribution in [0.4, 0.5) is 0 Å². The van der Waals surface area contributed by atoms with Crippen molar-refractivity contribution in [2.45, 2.75) is 19.5 Å². The average Bonchev–Trinajstić information content (AvgIpc) is 2.27. The van der Waals surface area contributed by atoms with Crippen molar-refractivity contribution >= 4 is 10.9 Å². The van der Waals surface area contributed by atoms with Gasteiger partial charge in [0.2, 0.25) is 0 Å². The molecule has 3 rings (SSSR count). The third-order valence-corrected chi connectivity index (χ3v) is 3.28. The molecule has 2 aromatic rings. The Morgan fingerprint density at radius 3 is 2.88 bits per heavy atom. The average molecular weight is 227 g/mol. The highest BCUT2D eigenvalue weighted by Crippen LogP contribution is 2.17. The lowest BCUT2D eigenvalue weighted by Gasteiger charge is -2.36. The number of nitrogens with two attached hydrogens (primary N) is 1. The first-order valence-electron chi connectivity index (χ1n) is 6.05. The third-order valence-electron chi connectivity index (χ3n) is 3.28. The Morgan fingerprint density at radius 2 is 2.12 bits per heavy atom. The van der Waals surface area contributed by atoms with Crippen LogP contribution in [0.15, 0.2) is 30.3 Å². The summed E-state index contributed by atoms with van der Waals surface area (Å²) in [6.45, 7) is 5.06. The van der Waals surface area contributed by atoms with E-state index in [-0.39, 0.29) is 0 Å². The minimum Gasteiger partial charge on any atom is -0.325 e. The molecule has 0 atom stereocenters. The Morgan fingerprint density at radius 1 is 1.29 bits per heavy atom. The lowest BCUT2D eigenvalue weighted by Crippen LogP contribution is -2.54. The molecule has 0 bridgehead atoms. The zero-order valence-corrected chi connectivity index (χ0v) is 10.1. The molecule has 0 radical (unpaired) electrons. The fourth-order valence-corrected chi connectivity index (χ4v) is 2.37. The van der Waals surface area contributed by atoms with Gasteiger partial charge in [0.15, 0.2) is 0 Å². The molecule has 88 valence electrons. The van der Waals surface area contributed by atoms with E-state index in [0.717, 1.165) is 30.8 Å². The number of hydrogen-bond acceptors (Lipinski definition) is 3. The van der Waals surface area contributed by atoms with Gasteiger partial charge in [-0.25, -0.2) is 0 Å². The van der Waals surface area contributed by atoms with Crippen molar-refractivity contribution in [2.75, 3.05) is 13.1 Å². The molecule has 3 heteroatoms. The fraction of sp³-hybridized carbons (Fsp3) is 0.357. The third kappa shape index (κ3) is 2.16. The number of fused-ring (bicyclic) bond motifs is 1. The molecule has 0 spiro atoms. The Bertz CT molecular complexity index is 544. The van der Waals surface area contributed by atoms with Crippen LogP contribution in [0, 0.1) is 6.92 Å². The molecule has 1 aromatic carbocycles. The van der Waals surface area contributed by atoms with Crippen molar-refractivity contribution in [1.82, 2.24) is 9.88 Å². The Kier molecular flexibility index (Phi) is 2.57. The molecule has 0 aliphatic carbocycles. The molecular weight excluding hydrogens is 210 g/mol. The number of aryl methyl sites for hydroxylation is 1. The summed E-state index contributed by atoms with van der Waals surface area (Å²) in [4.78, 5) is 6.88. The van der Waals surface area contributed by atoms with Crippen molar-refractivity contribution in [1.29, 1.82) is 0 Å². The molecule has 0 saturated carbocycles. The number of benzene rings is 1. The van der Waals surface area contributed by atoms with Gasteiger partial charge < -0.3 is 5.73 Å². The van der Waals surface area contributed by atoms with Gasteiger partial charge in [-0.3, -0.25) is 9.88 Å². The summed E-state index contributed by atoms with van der Waals surface area (Å²) in [6.07, 6.45) is 0. The zero-order valence-electron chi connectivity index (χ0n) is 10.1. The van der Waals surface area contributed by atoms with E-state index in [1.54, 1.807) is 0 Å². The van der Waals surface area contributed by atoms with Crippen molar-refractivity contribution in [3.05, 3.63) is 41.6 Å². The van der Waals surface area contributed by atoms with Crippen molar-refractivity contribution in [2.24, 2.45) is 5.73 Å². The van der Waals surface area contributed by atoms with Gasteiger partial charge in [-0.15, -0.1) is 0 Å². The lowest BCUT2D eigenvalue weighted by atomic mass is 10.1. The molecule has 17 heavy (non-hydrogen) atoms. The molecule has 1 aliphatic rings. The number of likely N-dealkylation sites (tertiary alicyclic amines) is 1. The predicted octanol–water partition coefficient (Wildman–Crippen LogP) is 1.69. The maximum Gasteiger partial charge on any atom is 0.0705 e. The number of pyridine rings is 1. The second-order valence-corrected chi connectivity index (χ2v) is 4.93. The largest absolute Gasteiger partial charge is 0.325 e.